The van der Waals surface area contributed by atoms with Crippen LogP contribution in [-0.4, -0.2) is 60.1 Å². The molecule has 5 rings (SSSR count). The molecule has 1 fully saturated rings. The minimum absolute atomic E-state index is 0.140. The predicted molar refractivity (Wildman–Crippen MR) is 139 cm³/mol. The van der Waals surface area contributed by atoms with Crippen molar-refractivity contribution in [1.29, 1.82) is 0 Å². The van der Waals surface area contributed by atoms with Crippen molar-refractivity contribution in [3.8, 4) is 22.6 Å². The third-order valence-electron chi connectivity index (χ3n) is 6.10. The van der Waals surface area contributed by atoms with E-state index in [0.29, 0.717) is 47.1 Å². The van der Waals surface area contributed by atoms with Crippen molar-refractivity contribution in [3.63, 3.8) is 0 Å². The van der Waals surface area contributed by atoms with Gasteiger partial charge in [0, 0.05) is 41.9 Å². The van der Waals surface area contributed by atoms with Crippen molar-refractivity contribution in [2.45, 2.75) is 57.4 Å². The van der Waals surface area contributed by atoms with Crippen molar-refractivity contribution in [2.75, 3.05) is 10.6 Å². The summed E-state index contributed by atoms with van der Waals surface area (Å²) in [6, 6.07) is 5.28. The summed E-state index contributed by atoms with van der Waals surface area (Å²) in [5, 5.41) is 14.5. The molecule has 0 radical (unpaired) electrons. The lowest BCUT2D eigenvalue weighted by Crippen LogP contribution is -2.17. The first kappa shape index (κ1) is 25.7. The molecule has 1 saturated carbocycles. The number of alkyl halides is 2. The Morgan fingerprint density at radius 2 is 1.97 bits per heavy atom. The molecule has 1 aliphatic carbocycles. The average molecular weight is 544 g/mol. The molecule has 1 unspecified atom stereocenters. The van der Waals surface area contributed by atoms with E-state index in [1.54, 1.807) is 30.6 Å². The molecule has 4 aromatic heterocycles. The van der Waals surface area contributed by atoms with Crippen LogP contribution in [0.2, 0.25) is 0 Å². The summed E-state index contributed by atoms with van der Waals surface area (Å²) < 4.78 is 52.6. The molecular formula is C24H27F2N9O2S. The molecule has 0 spiro atoms. The number of hydrogen-bond donors (Lipinski definition) is 2. The summed E-state index contributed by atoms with van der Waals surface area (Å²) in [5.41, 5.74) is 2.41. The van der Waals surface area contributed by atoms with Crippen LogP contribution in [0.1, 0.15) is 33.1 Å². The minimum Gasteiger partial charge on any atom is -0.382 e. The van der Waals surface area contributed by atoms with Gasteiger partial charge in [-0.25, -0.2) is 32.2 Å². The van der Waals surface area contributed by atoms with Crippen LogP contribution in [0.15, 0.2) is 49.2 Å². The fourth-order valence-electron chi connectivity index (χ4n) is 3.74. The Morgan fingerprint density at radius 1 is 1.16 bits per heavy atom. The fraction of sp³-hybridized carbons (Fsp3) is 0.375. The first-order chi connectivity index (χ1) is 18.2. The van der Waals surface area contributed by atoms with E-state index in [0.717, 1.165) is 16.2 Å². The second-order valence-electron chi connectivity index (χ2n) is 9.12. The number of anilines is 3. The molecule has 4 heterocycles. The van der Waals surface area contributed by atoms with E-state index >= 15 is 0 Å². The van der Waals surface area contributed by atoms with E-state index < -0.39 is 23.0 Å². The highest BCUT2D eigenvalue weighted by Crippen LogP contribution is 2.31. The van der Waals surface area contributed by atoms with Crippen molar-refractivity contribution in [3.05, 3.63) is 49.2 Å². The summed E-state index contributed by atoms with van der Waals surface area (Å²) >= 11 is 0. The second-order valence-corrected chi connectivity index (χ2v) is 11.2. The zero-order chi connectivity index (χ0) is 26.9. The highest BCUT2D eigenvalue weighted by Gasteiger charge is 2.37. The van der Waals surface area contributed by atoms with Gasteiger partial charge in [0.1, 0.15) is 18.2 Å². The van der Waals surface area contributed by atoms with E-state index in [9.17, 15) is 17.2 Å². The molecule has 14 heteroatoms. The molecule has 1 atom stereocenters. The van der Waals surface area contributed by atoms with Crippen molar-refractivity contribution in [2.24, 2.45) is 0 Å². The average Bonchev–Trinajstić information content (AvgIpc) is 3.46. The highest BCUT2D eigenvalue weighted by atomic mass is 32.2. The number of hydrogen-bond acceptors (Lipinski definition) is 9. The number of pyridine rings is 1. The molecule has 11 nitrogen and oxygen atoms in total. The molecule has 0 aromatic carbocycles. The second kappa shape index (κ2) is 10.4. The van der Waals surface area contributed by atoms with Gasteiger partial charge in [0.2, 0.25) is 0 Å². The van der Waals surface area contributed by atoms with Crippen LogP contribution < -0.4 is 10.6 Å². The molecule has 38 heavy (non-hydrogen) atoms. The third-order valence-corrected chi connectivity index (χ3v) is 8.13. The maximum Gasteiger partial charge on any atom is 0.257 e. The Hall–Kier alpha value is -3.94. The van der Waals surface area contributed by atoms with Gasteiger partial charge in [-0.15, -0.1) is 0 Å². The Labute approximate surface area is 218 Å². The lowest BCUT2D eigenvalue weighted by molar-refractivity contribution is 0.122. The zero-order valence-electron chi connectivity index (χ0n) is 20.8. The smallest absolute Gasteiger partial charge is 0.257 e. The van der Waals surface area contributed by atoms with E-state index in [1.807, 2.05) is 6.92 Å². The molecule has 2 N–H and O–H groups in total. The zero-order valence-corrected chi connectivity index (χ0v) is 21.6. The van der Waals surface area contributed by atoms with Crippen LogP contribution >= 0.6 is 0 Å². The normalized spacial score (nSPS) is 14.6. The van der Waals surface area contributed by atoms with Gasteiger partial charge in [-0.2, -0.15) is 14.3 Å². The van der Waals surface area contributed by atoms with Crippen molar-refractivity contribution in [1.82, 2.24) is 33.9 Å². The van der Waals surface area contributed by atoms with Crippen molar-refractivity contribution < 1.29 is 17.2 Å². The molecule has 1 aliphatic rings. The number of rotatable bonds is 11. The highest BCUT2D eigenvalue weighted by molar-refractivity contribution is 7.90. The monoisotopic (exact) mass is 543 g/mol. The van der Waals surface area contributed by atoms with E-state index in [-0.39, 0.29) is 11.3 Å². The van der Waals surface area contributed by atoms with E-state index in [4.69, 9.17) is 0 Å². The molecule has 0 amide bonds. The maximum atomic E-state index is 12.8. The molecule has 4 aromatic rings. The van der Waals surface area contributed by atoms with Gasteiger partial charge in [0.15, 0.2) is 5.82 Å². The fourth-order valence-corrected chi connectivity index (χ4v) is 5.22. The van der Waals surface area contributed by atoms with Crippen molar-refractivity contribution >= 4 is 27.3 Å². The number of nitrogens with one attached hydrogen (secondary N) is 2. The number of nitrogens with zero attached hydrogens (tertiary/aromatic N) is 7. The Kier molecular flexibility index (Phi) is 7.06. The van der Waals surface area contributed by atoms with Crippen LogP contribution in [0, 0.1) is 0 Å². The summed E-state index contributed by atoms with van der Waals surface area (Å²) in [6.45, 7) is 3.60. The van der Waals surface area contributed by atoms with Gasteiger partial charge in [-0.05, 0) is 38.3 Å². The summed E-state index contributed by atoms with van der Waals surface area (Å²) in [7, 11) is -3.49. The van der Waals surface area contributed by atoms with Gasteiger partial charge in [0.05, 0.1) is 28.9 Å². The molecule has 0 aliphatic heterocycles. The topological polar surface area (TPSA) is 133 Å². The van der Waals surface area contributed by atoms with E-state index in [2.05, 4.69) is 42.7 Å². The number of halogens is 2. The van der Waals surface area contributed by atoms with Gasteiger partial charge in [0.25, 0.3) is 16.4 Å². The van der Waals surface area contributed by atoms with Crippen LogP contribution in [-0.2, 0) is 16.6 Å². The van der Waals surface area contributed by atoms with E-state index in [1.165, 1.54) is 23.3 Å². The Morgan fingerprint density at radius 3 is 2.71 bits per heavy atom. The molecule has 0 saturated heterocycles. The lowest BCUT2D eigenvalue weighted by atomic mass is 10.1. The molecule has 200 valence electrons. The standard InChI is InChI=1S/C24H27F2N9O2S/c1-3-15(2)30-20-10-23(28-12-18(20)19-7-9-34(33-19)14-21(25)26)31-22-6-8-27-24(32-22)16-11-29-35(13-16)38(36,37)17-4-5-17/h6-13,15,17,21H,3-5,14H2,1-2H3,(H2,27,28,30,31,32). The SMILES string of the molecule is CCC(C)Nc1cc(Nc2ccnc(-c3cnn(S(=O)(=O)C4CC4)c3)n2)ncc1-c1ccn(CC(F)F)n1. The van der Waals surface area contributed by atoms with Gasteiger partial charge < -0.3 is 10.6 Å². The Bertz CT molecular complexity index is 1530. The Balaban J connectivity index is 1.39. The molecule has 0 bridgehead atoms. The summed E-state index contributed by atoms with van der Waals surface area (Å²) in [4.78, 5) is 13.2. The lowest BCUT2D eigenvalue weighted by Gasteiger charge is -2.17. The first-order valence-electron chi connectivity index (χ1n) is 12.2. The van der Waals surface area contributed by atoms with Crippen LogP contribution in [0.4, 0.5) is 26.1 Å². The summed E-state index contributed by atoms with van der Waals surface area (Å²) in [5.74, 6) is 1.25. The minimum atomic E-state index is -3.49. The first-order valence-corrected chi connectivity index (χ1v) is 13.7. The molecular weight excluding hydrogens is 516 g/mol. The number of aromatic nitrogens is 7. The van der Waals surface area contributed by atoms with Crippen LogP contribution in [0.3, 0.4) is 0 Å². The largest absolute Gasteiger partial charge is 0.382 e. The van der Waals surface area contributed by atoms with Gasteiger partial charge in [-0.1, -0.05) is 6.92 Å². The third kappa shape index (κ3) is 5.64. The predicted octanol–water partition coefficient (Wildman–Crippen LogP) is 4.16. The van der Waals surface area contributed by atoms with Crippen LogP contribution in [0.5, 0.6) is 0 Å². The quantitative estimate of drug-likeness (QED) is 0.286. The van der Waals surface area contributed by atoms with Gasteiger partial charge in [-0.3, -0.25) is 4.68 Å². The maximum absolute atomic E-state index is 12.8. The van der Waals surface area contributed by atoms with Gasteiger partial charge >= 0.3 is 0 Å². The summed E-state index contributed by atoms with van der Waals surface area (Å²) in [6.07, 6.45) is 7.19. The van der Waals surface area contributed by atoms with Crippen LogP contribution in [0.25, 0.3) is 22.6 Å².